The first-order chi connectivity index (χ1) is 8.49. The summed E-state index contributed by atoms with van der Waals surface area (Å²) in [7, 11) is 0. The van der Waals surface area contributed by atoms with Crippen LogP contribution < -0.4 is 0 Å². The first kappa shape index (κ1) is 12.4. The van der Waals surface area contributed by atoms with Gasteiger partial charge in [0.25, 0.3) is 0 Å². The molecule has 0 fully saturated rings. The first-order valence-electron chi connectivity index (χ1n) is 5.21. The number of ketones is 1. The number of carbonyl (C=O) groups is 2. The quantitative estimate of drug-likeness (QED) is 0.866. The Hall–Kier alpha value is -2.07. The Morgan fingerprint density at radius 2 is 2.00 bits per heavy atom. The molecule has 0 atom stereocenters. The minimum atomic E-state index is -1.09. The van der Waals surface area contributed by atoms with Crippen LogP contribution in [0, 0.1) is 0 Å². The van der Waals surface area contributed by atoms with Crippen molar-refractivity contribution in [1.29, 1.82) is 0 Å². The number of halogens is 1. The van der Waals surface area contributed by atoms with E-state index in [1.165, 1.54) is 23.8 Å². The van der Waals surface area contributed by atoms with Gasteiger partial charge in [-0.2, -0.15) is 0 Å². The number of carboxylic acid groups (broad SMARTS) is 1. The number of hydrogen-bond acceptors (Lipinski definition) is 2. The third-order valence-corrected chi connectivity index (χ3v) is 2.77. The molecule has 18 heavy (non-hydrogen) atoms. The van der Waals surface area contributed by atoms with Crippen molar-refractivity contribution in [2.75, 3.05) is 0 Å². The van der Waals surface area contributed by atoms with Gasteiger partial charge in [0.05, 0.1) is 0 Å². The molecule has 0 aliphatic carbocycles. The summed E-state index contributed by atoms with van der Waals surface area (Å²) < 4.78 is 1.44. The molecule has 1 aromatic heterocycles. The second-order valence-corrected chi connectivity index (χ2v) is 4.26. The van der Waals surface area contributed by atoms with Crippen LogP contribution in [0.5, 0.6) is 0 Å². The Bertz CT molecular complexity index is 631. The van der Waals surface area contributed by atoms with Gasteiger partial charge in [0.1, 0.15) is 5.69 Å². The number of nitrogens with zero attached hydrogens (tertiary/aromatic N) is 1. The summed E-state index contributed by atoms with van der Waals surface area (Å²) in [5.41, 5.74) is 0.988. The maximum atomic E-state index is 11.3. The zero-order valence-electron chi connectivity index (χ0n) is 9.55. The molecule has 0 spiro atoms. The van der Waals surface area contributed by atoms with Crippen molar-refractivity contribution >= 4 is 23.4 Å². The molecule has 0 aliphatic heterocycles. The molecule has 0 saturated carbocycles. The van der Waals surface area contributed by atoms with Crippen LogP contribution in [0.4, 0.5) is 0 Å². The predicted molar refractivity (Wildman–Crippen MR) is 67.7 cm³/mol. The largest absolute Gasteiger partial charge is 0.477 e. The highest BCUT2D eigenvalue weighted by Crippen LogP contribution is 2.19. The fourth-order valence-corrected chi connectivity index (χ4v) is 1.84. The summed E-state index contributed by atoms with van der Waals surface area (Å²) in [5.74, 6) is -1.28. The fraction of sp³-hybridized carbons (Fsp3) is 0.0769. The number of aromatic carboxylic acids is 1. The van der Waals surface area contributed by atoms with Gasteiger partial charge >= 0.3 is 5.97 Å². The lowest BCUT2D eigenvalue weighted by Crippen LogP contribution is -2.05. The van der Waals surface area contributed by atoms with Crippen LogP contribution in [0.15, 0.2) is 36.5 Å². The van der Waals surface area contributed by atoms with Gasteiger partial charge in [0.2, 0.25) is 0 Å². The highest BCUT2D eigenvalue weighted by atomic mass is 35.5. The second kappa shape index (κ2) is 4.66. The SMILES string of the molecule is CC(=O)c1cc(C(=O)O)n(-c2cccc(Cl)c2)c1. The predicted octanol–water partition coefficient (Wildman–Crippen LogP) is 3.03. The maximum absolute atomic E-state index is 11.3. The zero-order chi connectivity index (χ0) is 13.3. The Morgan fingerprint density at radius 1 is 1.28 bits per heavy atom. The lowest BCUT2D eigenvalue weighted by Gasteiger charge is -2.06. The van der Waals surface area contributed by atoms with Crippen LogP contribution in [0.3, 0.4) is 0 Å². The lowest BCUT2D eigenvalue weighted by molar-refractivity contribution is 0.0688. The van der Waals surface area contributed by atoms with E-state index in [2.05, 4.69) is 0 Å². The van der Waals surface area contributed by atoms with E-state index in [9.17, 15) is 9.59 Å². The monoisotopic (exact) mass is 263 g/mol. The molecule has 1 heterocycles. The Labute approximate surface area is 108 Å². The van der Waals surface area contributed by atoms with Crippen molar-refractivity contribution in [3.8, 4) is 5.69 Å². The number of aromatic nitrogens is 1. The van der Waals surface area contributed by atoms with Gasteiger partial charge in [-0.3, -0.25) is 4.79 Å². The molecule has 2 aromatic rings. The van der Waals surface area contributed by atoms with Gasteiger partial charge in [0.15, 0.2) is 5.78 Å². The minimum Gasteiger partial charge on any atom is -0.477 e. The van der Waals surface area contributed by atoms with Crippen LogP contribution >= 0.6 is 11.6 Å². The molecule has 0 bridgehead atoms. The third-order valence-electron chi connectivity index (χ3n) is 2.53. The van der Waals surface area contributed by atoms with E-state index in [0.717, 1.165) is 0 Å². The van der Waals surface area contributed by atoms with Gasteiger partial charge in [-0.1, -0.05) is 17.7 Å². The van der Waals surface area contributed by atoms with Crippen molar-refractivity contribution in [2.24, 2.45) is 0 Å². The van der Waals surface area contributed by atoms with Crippen molar-refractivity contribution in [2.45, 2.75) is 6.92 Å². The molecule has 0 aliphatic rings. The number of rotatable bonds is 3. The van der Waals surface area contributed by atoms with E-state index in [0.29, 0.717) is 16.3 Å². The van der Waals surface area contributed by atoms with Gasteiger partial charge in [0, 0.05) is 22.5 Å². The van der Waals surface area contributed by atoms with Crippen molar-refractivity contribution in [3.63, 3.8) is 0 Å². The summed E-state index contributed by atoms with van der Waals surface area (Å²) in [6.07, 6.45) is 1.50. The van der Waals surface area contributed by atoms with Crippen LogP contribution in [0.2, 0.25) is 5.02 Å². The first-order valence-corrected chi connectivity index (χ1v) is 5.59. The van der Waals surface area contributed by atoms with Crippen LogP contribution in [0.1, 0.15) is 27.8 Å². The van der Waals surface area contributed by atoms with Crippen molar-refractivity contribution in [3.05, 3.63) is 52.8 Å². The summed E-state index contributed by atoms with van der Waals surface area (Å²) in [4.78, 5) is 22.5. The smallest absolute Gasteiger partial charge is 0.352 e. The normalized spacial score (nSPS) is 10.3. The Balaban J connectivity index is 2.62. The highest BCUT2D eigenvalue weighted by molar-refractivity contribution is 6.30. The van der Waals surface area contributed by atoms with E-state index in [1.54, 1.807) is 24.3 Å². The van der Waals surface area contributed by atoms with Crippen molar-refractivity contribution < 1.29 is 14.7 Å². The Morgan fingerprint density at radius 3 is 2.56 bits per heavy atom. The van der Waals surface area contributed by atoms with Crippen LogP contribution in [0.25, 0.3) is 5.69 Å². The lowest BCUT2D eigenvalue weighted by atomic mass is 10.2. The fourth-order valence-electron chi connectivity index (χ4n) is 1.66. The minimum absolute atomic E-state index is 0.0301. The molecule has 0 radical (unpaired) electrons. The second-order valence-electron chi connectivity index (χ2n) is 3.83. The number of hydrogen-bond donors (Lipinski definition) is 1. The number of carboxylic acids is 1. The number of Topliss-reactive ketones (excluding diaryl/α,β-unsaturated/α-hetero) is 1. The molecule has 92 valence electrons. The van der Waals surface area contributed by atoms with Crippen molar-refractivity contribution in [1.82, 2.24) is 4.57 Å². The van der Waals surface area contributed by atoms with E-state index in [4.69, 9.17) is 16.7 Å². The molecule has 4 nitrogen and oxygen atoms in total. The highest BCUT2D eigenvalue weighted by Gasteiger charge is 2.15. The average molecular weight is 264 g/mol. The molecule has 0 saturated heterocycles. The summed E-state index contributed by atoms with van der Waals surface area (Å²) in [6, 6.07) is 8.13. The number of benzene rings is 1. The number of carbonyl (C=O) groups excluding carboxylic acids is 1. The summed E-state index contributed by atoms with van der Waals surface area (Å²) in [6.45, 7) is 1.39. The Kier molecular flexibility index (Phi) is 3.21. The van der Waals surface area contributed by atoms with Crippen LogP contribution in [-0.2, 0) is 0 Å². The molecule has 1 aromatic carbocycles. The van der Waals surface area contributed by atoms with E-state index in [1.807, 2.05) is 0 Å². The molecule has 0 unspecified atom stereocenters. The molecular formula is C13H10ClNO3. The standard InChI is InChI=1S/C13H10ClNO3/c1-8(16)9-5-12(13(17)18)15(7-9)11-4-2-3-10(14)6-11/h2-7H,1H3,(H,17,18). The molecule has 5 heteroatoms. The van der Waals surface area contributed by atoms with Gasteiger partial charge < -0.3 is 9.67 Å². The molecule has 2 rings (SSSR count). The molecule has 1 N–H and O–H groups in total. The average Bonchev–Trinajstić information content (AvgIpc) is 2.73. The molecular weight excluding hydrogens is 254 g/mol. The van der Waals surface area contributed by atoms with E-state index >= 15 is 0 Å². The van der Waals surface area contributed by atoms with Gasteiger partial charge in [-0.05, 0) is 31.2 Å². The zero-order valence-corrected chi connectivity index (χ0v) is 10.3. The van der Waals surface area contributed by atoms with E-state index < -0.39 is 5.97 Å². The topological polar surface area (TPSA) is 59.3 Å². The summed E-state index contributed by atoms with van der Waals surface area (Å²) in [5, 5.41) is 9.63. The van der Waals surface area contributed by atoms with E-state index in [-0.39, 0.29) is 11.5 Å². The summed E-state index contributed by atoms with van der Waals surface area (Å²) >= 11 is 5.87. The van der Waals surface area contributed by atoms with Crippen LogP contribution in [-0.4, -0.2) is 21.4 Å². The maximum Gasteiger partial charge on any atom is 0.352 e. The molecule has 0 amide bonds. The third kappa shape index (κ3) is 2.28. The van der Waals surface area contributed by atoms with Gasteiger partial charge in [-0.25, -0.2) is 4.79 Å². The van der Waals surface area contributed by atoms with Gasteiger partial charge in [-0.15, -0.1) is 0 Å².